The summed E-state index contributed by atoms with van der Waals surface area (Å²) >= 11 is 0. The molecule has 1 N–H and O–H groups in total. The van der Waals surface area contributed by atoms with Gasteiger partial charge in [-0.25, -0.2) is 0 Å². The van der Waals surface area contributed by atoms with Gasteiger partial charge in [-0.2, -0.15) is 35.8 Å². The summed E-state index contributed by atoms with van der Waals surface area (Å²) in [6, 6.07) is 0. The molecule has 0 saturated carbocycles. The number of aromatic nitrogens is 2. The molecule has 1 aromatic rings. The van der Waals surface area contributed by atoms with Crippen molar-refractivity contribution >= 4 is 5.91 Å². The molecule has 4 nitrogen and oxygen atoms in total. The lowest BCUT2D eigenvalue weighted by Gasteiger charge is -2.26. The van der Waals surface area contributed by atoms with Gasteiger partial charge in [-0.1, -0.05) is 0 Å². The largest absolute Gasteiger partial charge is 0.460 e. The fourth-order valence-electron chi connectivity index (χ4n) is 1.18. The van der Waals surface area contributed by atoms with Gasteiger partial charge < -0.3 is 5.32 Å². The van der Waals surface area contributed by atoms with Crippen molar-refractivity contribution in [3.05, 3.63) is 18.0 Å². The summed E-state index contributed by atoms with van der Waals surface area (Å²) in [5.41, 5.74) is 0.159. The van der Waals surface area contributed by atoms with Gasteiger partial charge in [0.25, 0.3) is 5.91 Å². The lowest BCUT2D eigenvalue weighted by atomic mass is 10.1. The molecule has 1 aromatic heterocycles. The third-order valence-corrected chi connectivity index (χ3v) is 2.25. The maximum absolute atomic E-state index is 12.9. The molecule has 0 atom stereocenters. The zero-order valence-corrected chi connectivity index (χ0v) is 9.81. The van der Waals surface area contributed by atoms with Crippen LogP contribution in [-0.2, 0) is 18.4 Å². The van der Waals surface area contributed by atoms with Gasteiger partial charge in [-0.15, -0.1) is 0 Å². The second kappa shape index (κ2) is 4.94. The van der Waals surface area contributed by atoms with E-state index in [1.807, 2.05) is 0 Å². The van der Waals surface area contributed by atoms with Crippen molar-refractivity contribution < 1.29 is 35.5 Å². The average Bonchev–Trinajstić information content (AvgIpc) is 2.70. The summed E-state index contributed by atoms with van der Waals surface area (Å²) in [5, 5.41) is 4.90. The van der Waals surface area contributed by atoms with Gasteiger partial charge in [-0.05, 0) is 0 Å². The molecular formula is C9H8F7N3O. The molecule has 0 aliphatic heterocycles. The predicted molar refractivity (Wildman–Crippen MR) is 51.0 cm³/mol. The minimum atomic E-state index is -6.54. The standard InChI is InChI=1S/C9H8F7N3O/c1-19-4-5(3-18-19)2-17-6(20)7(10,11)8(12,13)9(14,15)16/h3-4H,2H2,1H3,(H,17,20). The van der Waals surface area contributed by atoms with E-state index < -0.39 is 30.5 Å². The molecule has 11 heteroatoms. The molecule has 1 heterocycles. The smallest absolute Gasteiger partial charge is 0.346 e. The van der Waals surface area contributed by atoms with Crippen LogP contribution in [0, 0.1) is 0 Å². The highest BCUT2D eigenvalue weighted by Gasteiger charge is 2.76. The van der Waals surface area contributed by atoms with Crippen molar-refractivity contribution in [2.75, 3.05) is 0 Å². The summed E-state index contributed by atoms with van der Waals surface area (Å²) in [7, 11) is 1.46. The highest BCUT2D eigenvalue weighted by Crippen LogP contribution is 2.46. The predicted octanol–water partition coefficient (Wildman–Crippen LogP) is 1.87. The number of hydrogen-bond donors (Lipinski definition) is 1. The first kappa shape index (κ1) is 16.2. The van der Waals surface area contributed by atoms with E-state index in [0.717, 1.165) is 6.20 Å². The maximum Gasteiger partial charge on any atom is 0.460 e. The summed E-state index contributed by atoms with van der Waals surface area (Å²) in [5.74, 6) is -15.1. The number of aryl methyl sites for hydroxylation is 1. The van der Waals surface area contributed by atoms with Crippen LogP contribution in [-0.4, -0.2) is 33.7 Å². The average molecular weight is 307 g/mol. The lowest BCUT2D eigenvalue weighted by molar-refractivity contribution is -0.344. The Hall–Kier alpha value is -1.81. The van der Waals surface area contributed by atoms with Crippen molar-refractivity contribution in [1.29, 1.82) is 0 Å². The minimum Gasteiger partial charge on any atom is -0.346 e. The Bertz CT molecular complexity index is 494. The zero-order valence-electron chi connectivity index (χ0n) is 9.81. The highest BCUT2D eigenvalue weighted by molar-refractivity contribution is 5.84. The van der Waals surface area contributed by atoms with Crippen LogP contribution in [0.2, 0.25) is 0 Å². The maximum atomic E-state index is 12.9. The normalized spacial score (nSPS) is 13.4. The molecule has 0 unspecified atom stereocenters. The first-order valence-electron chi connectivity index (χ1n) is 4.98. The fraction of sp³-hybridized carbons (Fsp3) is 0.556. The number of hydrogen-bond acceptors (Lipinski definition) is 2. The molecule has 0 aliphatic carbocycles. The van der Waals surface area contributed by atoms with Crippen LogP contribution in [0.25, 0.3) is 0 Å². The van der Waals surface area contributed by atoms with Gasteiger partial charge in [0.2, 0.25) is 0 Å². The van der Waals surface area contributed by atoms with E-state index >= 15 is 0 Å². The van der Waals surface area contributed by atoms with Gasteiger partial charge in [-0.3, -0.25) is 9.48 Å². The molecule has 20 heavy (non-hydrogen) atoms. The molecule has 1 rings (SSSR count). The highest BCUT2D eigenvalue weighted by atomic mass is 19.4. The molecule has 114 valence electrons. The van der Waals surface area contributed by atoms with E-state index in [2.05, 4.69) is 5.10 Å². The molecular weight excluding hydrogens is 299 g/mol. The van der Waals surface area contributed by atoms with E-state index in [-0.39, 0.29) is 5.56 Å². The van der Waals surface area contributed by atoms with Gasteiger partial charge in [0.15, 0.2) is 0 Å². The molecule has 0 aliphatic rings. The van der Waals surface area contributed by atoms with E-state index in [1.54, 1.807) is 0 Å². The quantitative estimate of drug-likeness (QED) is 0.863. The number of alkyl halides is 7. The summed E-state index contributed by atoms with van der Waals surface area (Å²) in [6.45, 7) is -0.657. The SMILES string of the molecule is Cn1cc(CNC(=O)C(F)(F)C(F)(F)C(F)(F)F)cn1. The molecule has 0 saturated heterocycles. The van der Waals surface area contributed by atoms with Gasteiger partial charge >= 0.3 is 18.0 Å². The Morgan fingerprint density at radius 2 is 1.80 bits per heavy atom. The van der Waals surface area contributed by atoms with Crippen LogP contribution < -0.4 is 5.32 Å². The van der Waals surface area contributed by atoms with E-state index in [9.17, 15) is 35.5 Å². The monoisotopic (exact) mass is 307 g/mol. The third-order valence-electron chi connectivity index (χ3n) is 2.25. The summed E-state index contributed by atoms with van der Waals surface area (Å²) in [6.07, 6.45) is -4.15. The Balaban J connectivity index is 2.79. The molecule has 0 fully saturated rings. The Kier molecular flexibility index (Phi) is 4.02. The van der Waals surface area contributed by atoms with Crippen molar-refractivity contribution in [3.63, 3.8) is 0 Å². The Labute approximate surface area is 107 Å². The van der Waals surface area contributed by atoms with Crippen molar-refractivity contribution in [2.24, 2.45) is 7.05 Å². The number of carbonyl (C=O) groups is 1. The van der Waals surface area contributed by atoms with Gasteiger partial charge in [0.1, 0.15) is 0 Å². The van der Waals surface area contributed by atoms with Crippen LogP contribution in [0.15, 0.2) is 12.4 Å². The van der Waals surface area contributed by atoms with Crippen LogP contribution in [0.1, 0.15) is 5.56 Å². The van der Waals surface area contributed by atoms with Crippen LogP contribution >= 0.6 is 0 Å². The van der Waals surface area contributed by atoms with Crippen molar-refractivity contribution in [1.82, 2.24) is 15.1 Å². The van der Waals surface area contributed by atoms with Crippen molar-refractivity contribution in [3.8, 4) is 0 Å². The first-order valence-corrected chi connectivity index (χ1v) is 4.98. The molecule has 1 amide bonds. The molecule has 0 aromatic carbocycles. The number of carbonyl (C=O) groups excluding carboxylic acids is 1. The van der Waals surface area contributed by atoms with Crippen molar-refractivity contribution in [2.45, 2.75) is 24.6 Å². The third kappa shape index (κ3) is 2.85. The second-order valence-corrected chi connectivity index (χ2v) is 3.85. The fourth-order valence-corrected chi connectivity index (χ4v) is 1.18. The summed E-state index contributed by atoms with van der Waals surface area (Å²) in [4.78, 5) is 10.9. The first-order chi connectivity index (χ1) is 8.89. The molecule has 0 bridgehead atoms. The van der Waals surface area contributed by atoms with E-state index in [0.29, 0.717) is 0 Å². The second-order valence-electron chi connectivity index (χ2n) is 3.85. The van der Waals surface area contributed by atoms with Gasteiger partial charge in [0.05, 0.1) is 6.20 Å². The van der Waals surface area contributed by atoms with E-state index in [1.165, 1.54) is 23.2 Å². The molecule has 0 radical (unpaired) electrons. The number of amides is 1. The zero-order chi connectivity index (χ0) is 15.8. The number of nitrogens with one attached hydrogen (secondary N) is 1. The van der Waals surface area contributed by atoms with Crippen LogP contribution in [0.5, 0.6) is 0 Å². The Morgan fingerprint density at radius 3 is 2.20 bits per heavy atom. The number of nitrogens with zero attached hydrogens (tertiary/aromatic N) is 2. The Morgan fingerprint density at radius 1 is 1.25 bits per heavy atom. The topological polar surface area (TPSA) is 46.9 Å². The molecule has 0 spiro atoms. The minimum absolute atomic E-state index is 0.159. The van der Waals surface area contributed by atoms with Gasteiger partial charge in [0, 0.05) is 25.4 Å². The van der Waals surface area contributed by atoms with Crippen LogP contribution in [0.3, 0.4) is 0 Å². The summed E-state index contributed by atoms with van der Waals surface area (Å²) < 4.78 is 87.6. The lowest BCUT2D eigenvalue weighted by Crippen LogP contribution is -2.59. The van der Waals surface area contributed by atoms with Crippen LogP contribution in [0.4, 0.5) is 30.7 Å². The number of halogens is 7. The van der Waals surface area contributed by atoms with E-state index in [4.69, 9.17) is 0 Å². The number of rotatable bonds is 4.